The van der Waals surface area contributed by atoms with E-state index in [0.717, 1.165) is 18.8 Å². The van der Waals surface area contributed by atoms with E-state index in [9.17, 15) is 0 Å². The van der Waals surface area contributed by atoms with Gasteiger partial charge in [-0.15, -0.1) is 0 Å². The predicted octanol–water partition coefficient (Wildman–Crippen LogP) is 0.193. The molecule has 0 unspecified atom stereocenters. The highest BCUT2D eigenvalue weighted by Gasteiger charge is 2.01. The molecule has 0 amide bonds. The molecule has 0 aromatic carbocycles. The lowest BCUT2D eigenvalue weighted by molar-refractivity contribution is 0.690. The van der Waals surface area contributed by atoms with Crippen LogP contribution in [0, 0.1) is 0 Å². The Balaban J connectivity index is 2.53. The standard InChI is InChI=1S/C6H6N3/c1-2-9-5-8-4-6(9)3-7-1/h4-5H,1-2H2. The summed E-state index contributed by atoms with van der Waals surface area (Å²) in [6.45, 7) is 1.78. The van der Waals surface area contributed by atoms with Crippen LogP contribution < -0.4 is 0 Å². The van der Waals surface area contributed by atoms with E-state index in [1.165, 1.54) is 0 Å². The first-order valence-corrected chi connectivity index (χ1v) is 2.89. The first-order valence-electron chi connectivity index (χ1n) is 2.89. The smallest absolute Gasteiger partial charge is 0.110 e. The average Bonchev–Trinajstić information content (AvgIpc) is 2.33. The number of fused-ring (bicyclic) bond motifs is 1. The molecule has 0 spiro atoms. The third kappa shape index (κ3) is 0.650. The van der Waals surface area contributed by atoms with Crippen LogP contribution >= 0.6 is 0 Å². The largest absolute Gasteiger partial charge is 0.327 e. The van der Waals surface area contributed by atoms with Gasteiger partial charge >= 0.3 is 0 Å². The maximum atomic E-state index is 3.98. The first kappa shape index (κ1) is 4.73. The molecule has 1 aliphatic rings. The number of nitrogens with zero attached hydrogens (tertiary/aromatic N) is 3. The molecule has 2 heterocycles. The van der Waals surface area contributed by atoms with Crippen molar-refractivity contribution >= 4 is 6.21 Å². The second-order valence-corrected chi connectivity index (χ2v) is 1.97. The van der Waals surface area contributed by atoms with Crippen molar-refractivity contribution in [3.63, 3.8) is 0 Å². The van der Waals surface area contributed by atoms with Gasteiger partial charge in [-0.3, -0.25) is 4.99 Å². The Hall–Kier alpha value is -1.12. The summed E-state index contributed by atoms with van der Waals surface area (Å²) < 4.78 is 2.03. The lowest BCUT2D eigenvalue weighted by Crippen LogP contribution is -2.08. The van der Waals surface area contributed by atoms with Gasteiger partial charge in [0.1, 0.15) is 6.21 Å². The highest BCUT2D eigenvalue weighted by molar-refractivity contribution is 5.77. The Labute approximate surface area is 53.1 Å². The van der Waals surface area contributed by atoms with Gasteiger partial charge in [-0.1, -0.05) is 0 Å². The molecule has 3 nitrogen and oxygen atoms in total. The van der Waals surface area contributed by atoms with E-state index in [0.29, 0.717) is 0 Å². The summed E-state index contributed by atoms with van der Waals surface area (Å²) in [4.78, 5) is 7.92. The van der Waals surface area contributed by atoms with Gasteiger partial charge in [0, 0.05) is 6.54 Å². The van der Waals surface area contributed by atoms with Crippen molar-refractivity contribution in [3.05, 3.63) is 18.2 Å². The summed E-state index contributed by atoms with van der Waals surface area (Å²) in [5, 5.41) is 0. The van der Waals surface area contributed by atoms with Crippen LogP contribution in [0.15, 0.2) is 17.5 Å². The molecular formula is C6H6N3. The van der Waals surface area contributed by atoms with Gasteiger partial charge in [0.25, 0.3) is 0 Å². The zero-order valence-corrected chi connectivity index (χ0v) is 4.91. The third-order valence-corrected chi connectivity index (χ3v) is 1.36. The number of rotatable bonds is 0. The molecule has 45 valence electrons. The van der Waals surface area contributed by atoms with Gasteiger partial charge in [0.15, 0.2) is 0 Å². The van der Waals surface area contributed by atoms with Gasteiger partial charge in [-0.05, 0) is 0 Å². The summed E-state index contributed by atoms with van der Waals surface area (Å²) in [5.74, 6) is 0. The van der Waals surface area contributed by atoms with Crippen molar-refractivity contribution in [1.29, 1.82) is 0 Å². The Kier molecular flexibility index (Phi) is 0.886. The van der Waals surface area contributed by atoms with Crippen LogP contribution in [0.4, 0.5) is 0 Å². The quantitative estimate of drug-likeness (QED) is 0.480. The average molecular weight is 120 g/mol. The molecule has 1 aromatic heterocycles. The van der Waals surface area contributed by atoms with E-state index in [2.05, 4.69) is 16.2 Å². The van der Waals surface area contributed by atoms with Gasteiger partial charge in [-0.25, -0.2) is 4.98 Å². The summed E-state index contributed by atoms with van der Waals surface area (Å²) >= 11 is 0. The van der Waals surface area contributed by atoms with Crippen LogP contribution in [-0.4, -0.2) is 22.3 Å². The molecule has 0 saturated heterocycles. The predicted molar refractivity (Wildman–Crippen MR) is 33.6 cm³/mol. The minimum atomic E-state index is 0.837. The topological polar surface area (TPSA) is 30.2 Å². The molecular weight excluding hydrogens is 114 g/mol. The molecule has 0 saturated carbocycles. The fourth-order valence-corrected chi connectivity index (χ4v) is 0.887. The zero-order valence-electron chi connectivity index (χ0n) is 4.91. The highest BCUT2D eigenvalue weighted by Crippen LogP contribution is 1.99. The van der Waals surface area contributed by atoms with Crippen molar-refractivity contribution in [2.24, 2.45) is 4.99 Å². The molecule has 0 bridgehead atoms. The number of aliphatic imine (C=N–C) groups is 1. The van der Waals surface area contributed by atoms with Crippen molar-refractivity contribution in [1.82, 2.24) is 9.55 Å². The highest BCUT2D eigenvalue weighted by atomic mass is 15.1. The molecule has 0 atom stereocenters. The molecule has 0 aliphatic carbocycles. The zero-order chi connectivity index (χ0) is 6.10. The van der Waals surface area contributed by atoms with E-state index >= 15 is 0 Å². The molecule has 1 aliphatic heterocycles. The molecule has 0 fully saturated rings. The van der Waals surface area contributed by atoms with Crippen LogP contribution in [0.2, 0.25) is 0 Å². The van der Waals surface area contributed by atoms with Crippen molar-refractivity contribution < 1.29 is 0 Å². The number of imidazole rings is 1. The van der Waals surface area contributed by atoms with Gasteiger partial charge < -0.3 is 4.57 Å². The summed E-state index contributed by atoms with van der Waals surface area (Å²) in [6.07, 6.45) is 6.44. The fourth-order valence-electron chi connectivity index (χ4n) is 0.887. The molecule has 1 radical (unpaired) electrons. The van der Waals surface area contributed by atoms with Crippen molar-refractivity contribution in [2.75, 3.05) is 6.54 Å². The minimum absolute atomic E-state index is 0.837. The molecule has 3 heteroatoms. The van der Waals surface area contributed by atoms with E-state index in [-0.39, 0.29) is 0 Å². The first-order chi connectivity index (χ1) is 4.47. The van der Waals surface area contributed by atoms with Crippen LogP contribution in [-0.2, 0) is 6.54 Å². The fraction of sp³-hybridized carbons (Fsp3) is 0.333. The SMILES string of the molecule is [C]1=NCCn2cncc21. The lowest BCUT2D eigenvalue weighted by atomic mass is 10.4. The third-order valence-electron chi connectivity index (χ3n) is 1.36. The van der Waals surface area contributed by atoms with Crippen LogP contribution in [0.1, 0.15) is 5.69 Å². The minimum Gasteiger partial charge on any atom is -0.327 e. The van der Waals surface area contributed by atoms with E-state index < -0.39 is 0 Å². The second-order valence-electron chi connectivity index (χ2n) is 1.97. The second kappa shape index (κ2) is 1.69. The maximum absolute atomic E-state index is 3.98. The van der Waals surface area contributed by atoms with Gasteiger partial charge in [0.05, 0.1) is 24.8 Å². The maximum Gasteiger partial charge on any atom is 0.110 e. The van der Waals surface area contributed by atoms with Crippen molar-refractivity contribution in [3.8, 4) is 0 Å². The van der Waals surface area contributed by atoms with Crippen LogP contribution in [0.3, 0.4) is 0 Å². The van der Waals surface area contributed by atoms with Crippen LogP contribution in [0.5, 0.6) is 0 Å². The number of hydrogen-bond acceptors (Lipinski definition) is 2. The van der Waals surface area contributed by atoms with E-state index in [1.54, 1.807) is 12.5 Å². The molecule has 1 aromatic rings. The Morgan fingerprint density at radius 2 is 2.67 bits per heavy atom. The van der Waals surface area contributed by atoms with E-state index in [1.807, 2.05) is 4.57 Å². The number of aromatic nitrogens is 2. The Morgan fingerprint density at radius 1 is 1.67 bits per heavy atom. The monoisotopic (exact) mass is 120 g/mol. The van der Waals surface area contributed by atoms with Crippen LogP contribution in [0.25, 0.3) is 0 Å². The normalized spacial score (nSPS) is 15.6. The van der Waals surface area contributed by atoms with Gasteiger partial charge in [-0.2, -0.15) is 0 Å². The van der Waals surface area contributed by atoms with Gasteiger partial charge in [0.2, 0.25) is 0 Å². The Morgan fingerprint density at radius 3 is 3.56 bits per heavy atom. The summed E-state index contributed by atoms with van der Waals surface area (Å²) in [5.41, 5.74) is 0.987. The van der Waals surface area contributed by atoms with Crippen molar-refractivity contribution in [2.45, 2.75) is 6.54 Å². The summed E-state index contributed by atoms with van der Waals surface area (Å²) in [7, 11) is 0. The van der Waals surface area contributed by atoms with E-state index in [4.69, 9.17) is 0 Å². The molecule has 9 heavy (non-hydrogen) atoms. The Bertz CT molecular complexity index is 236. The summed E-state index contributed by atoms with van der Waals surface area (Å²) in [6, 6.07) is 0. The number of hydrogen-bond donors (Lipinski definition) is 0. The molecule has 0 N–H and O–H groups in total. The lowest BCUT2D eigenvalue weighted by Gasteiger charge is -2.04. The molecule has 2 rings (SSSR count).